The van der Waals surface area contributed by atoms with Gasteiger partial charge in [-0.05, 0) is 24.3 Å². The molecule has 0 bridgehead atoms. The highest BCUT2D eigenvalue weighted by molar-refractivity contribution is 5.66. The molecule has 1 aromatic rings. The molecule has 82 valence electrons. The predicted octanol–water partition coefficient (Wildman–Crippen LogP) is 2.02. The van der Waals surface area contributed by atoms with Crippen molar-refractivity contribution in [2.75, 3.05) is 0 Å². The number of nitrogens with zero attached hydrogens (tertiary/aromatic N) is 2. The first kappa shape index (κ1) is 10.2. The Hall–Kier alpha value is -1.32. The first-order chi connectivity index (χ1) is 7.25. The molecule has 15 heavy (non-hydrogen) atoms. The number of rotatable bonds is 4. The normalized spacial score (nSPS) is 17.1. The van der Waals surface area contributed by atoms with Crippen LogP contribution >= 0.6 is 0 Å². The fourth-order valence-electron chi connectivity index (χ4n) is 2.18. The van der Waals surface area contributed by atoms with E-state index in [1.54, 1.807) is 4.68 Å². The van der Waals surface area contributed by atoms with Gasteiger partial charge in [0.1, 0.15) is 0 Å². The Labute approximate surface area is 88.9 Å². The molecule has 1 aliphatic carbocycles. The van der Waals surface area contributed by atoms with Crippen molar-refractivity contribution in [3.8, 4) is 0 Å². The molecule has 0 saturated heterocycles. The van der Waals surface area contributed by atoms with Crippen LogP contribution in [0.4, 0.5) is 0 Å². The van der Waals surface area contributed by atoms with Crippen LogP contribution < -0.4 is 0 Å². The zero-order chi connectivity index (χ0) is 10.7. The van der Waals surface area contributed by atoms with E-state index in [0.29, 0.717) is 12.5 Å². The van der Waals surface area contributed by atoms with Crippen molar-refractivity contribution in [3.05, 3.63) is 18.0 Å². The largest absolute Gasteiger partial charge is 0.481 e. The summed E-state index contributed by atoms with van der Waals surface area (Å²) in [6, 6.07) is 0. The minimum atomic E-state index is -0.770. The van der Waals surface area contributed by atoms with Crippen LogP contribution in [0.3, 0.4) is 0 Å². The summed E-state index contributed by atoms with van der Waals surface area (Å²) in [5.41, 5.74) is 1.28. The molecule has 0 aliphatic heterocycles. The van der Waals surface area contributed by atoms with Crippen molar-refractivity contribution >= 4 is 5.97 Å². The number of carbonyl (C=O) groups is 1. The average Bonchev–Trinajstić information content (AvgIpc) is 2.85. The van der Waals surface area contributed by atoms with Crippen LogP contribution in [0.1, 0.15) is 43.6 Å². The third kappa shape index (κ3) is 2.58. The predicted molar refractivity (Wildman–Crippen MR) is 55.7 cm³/mol. The second kappa shape index (κ2) is 4.47. The third-order valence-corrected chi connectivity index (χ3v) is 3.03. The topological polar surface area (TPSA) is 55.1 Å². The Kier molecular flexibility index (Phi) is 3.04. The molecule has 1 aliphatic rings. The van der Waals surface area contributed by atoms with Crippen molar-refractivity contribution in [2.45, 2.75) is 44.6 Å². The smallest absolute Gasteiger partial charge is 0.305 e. The Morgan fingerprint density at radius 3 is 2.93 bits per heavy atom. The summed E-state index contributed by atoms with van der Waals surface area (Å²) in [5.74, 6) is -0.114. The van der Waals surface area contributed by atoms with Gasteiger partial charge in [-0.2, -0.15) is 5.10 Å². The summed E-state index contributed by atoms with van der Waals surface area (Å²) in [4.78, 5) is 10.4. The molecule has 0 aromatic carbocycles. The van der Waals surface area contributed by atoms with Crippen LogP contribution in [0.2, 0.25) is 0 Å². The van der Waals surface area contributed by atoms with Gasteiger partial charge in [-0.25, -0.2) is 0 Å². The molecule has 4 heteroatoms. The lowest BCUT2D eigenvalue weighted by Crippen LogP contribution is -2.04. The van der Waals surface area contributed by atoms with Gasteiger partial charge in [0.15, 0.2) is 0 Å². The molecule has 0 radical (unpaired) electrons. The fourth-order valence-corrected chi connectivity index (χ4v) is 2.18. The van der Waals surface area contributed by atoms with Crippen LogP contribution in [-0.4, -0.2) is 20.9 Å². The van der Waals surface area contributed by atoms with Crippen molar-refractivity contribution in [1.29, 1.82) is 0 Å². The highest BCUT2D eigenvalue weighted by Crippen LogP contribution is 2.33. The van der Waals surface area contributed by atoms with Gasteiger partial charge in [0, 0.05) is 6.20 Å². The van der Waals surface area contributed by atoms with E-state index in [-0.39, 0.29) is 6.42 Å². The van der Waals surface area contributed by atoms with E-state index < -0.39 is 5.97 Å². The highest BCUT2D eigenvalue weighted by Gasteiger charge is 2.18. The van der Waals surface area contributed by atoms with Crippen LogP contribution in [0.15, 0.2) is 12.4 Å². The van der Waals surface area contributed by atoms with Gasteiger partial charge >= 0.3 is 5.97 Å². The lowest BCUT2D eigenvalue weighted by Gasteiger charge is -2.03. The van der Waals surface area contributed by atoms with Crippen molar-refractivity contribution in [2.24, 2.45) is 0 Å². The zero-order valence-corrected chi connectivity index (χ0v) is 8.72. The van der Waals surface area contributed by atoms with Crippen LogP contribution in [0, 0.1) is 0 Å². The van der Waals surface area contributed by atoms with Gasteiger partial charge in [-0.3, -0.25) is 9.48 Å². The lowest BCUT2D eigenvalue weighted by atomic mass is 10.0. The Balaban J connectivity index is 1.94. The summed E-state index contributed by atoms with van der Waals surface area (Å²) in [7, 11) is 0. The summed E-state index contributed by atoms with van der Waals surface area (Å²) < 4.78 is 1.74. The van der Waals surface area contributed by atoms with Crippen molar-refractivity contribution < 1.29 is 9.90 Å². The lowest BCUT2D eigenvalue weighted by molar-refractivity contribution is -0.137. The summed E-state index contributed by atoms with van der Waals surface area (Å²) >= 11 is 0. The first-order valence-corrected chi connectivity index (χ1v) is 5.50. The highest BCUT2D eigenvalue weighted by atomic mass is 16.4. The molecule has 2 rings (SSSR count). The van der Waals surface area contributed by atoms with Gasteiger partial charge < -0.3 is 5.11 Å². The Bertz CT molecular complexity index is 340. The van der Waals surface area contributed by atoms with Gasteiger partial charge in [0.25, 0.3) is 0 Å². The molecule has 0 atom stereocenters. The molecule has 0 amide bonds. The maximum Gasteiger partial charge on any atom is 0.305 e. The van der Waals surface area contributed by atoms with Gasteiger partial charge in [-0.1, -0.05) is 12.8 Å². The molecule has 4 nitrogen and oxygen atoms in total. The number of aromatic nitrogens is 2. The van der Waals surface area contributed by atoms with E-state index >= 15 is 0 Å². The maximum absolute atomic E-state index is 10.4. The number of carboxylic acids is 1. The molecule has 1 saturated carbocycles. The minimum Gasteiger partial charge on any atom is -0.481 e. The van der Waals surface area contributed by atoms with Gasteiger partial charge in [-0.15, -0.1) is 0 Å². The number of aryl methyl sites for hydroxylation is 1. The maximum atomic E-state index is 10.4. The third-order valence-electron chi connectivity index (χ3n) is 3.03. The zero-order valence-electron chi connectivity index (χ0n) is 8.72. The van der Waals surface area contributed by atoms with Gasteiger partial charge in [0.05, 0.1) is 19.2 Å². The first-order valence-electron chi connectivity index (χ1n) is 5.50. The average molecular weight is 208 g/mol. The van der Waals surface area contributed by atoms with Crippen LogP contribution in [-0.2, 0) is 11.3 Å². The standard InChI is InChI=1S/C11H16N2O2/c14-11(15)5-6-13-8-10(7-12-13)9-3-1-2-4-9/h7-9H,1-6H2,(H,14,15). The summed E-state index contributed by atoms with van der Waals surface area (Å²) in [6.45, 7) is 0.474. The fraction of sp³-hybridized carbons (Fsp3) is 0.636. The summed E-state index contributed by atoms with van der Waals surface area (Å²) in [6.07, 6.45) is 9.16. The Morgan fingerprint density at radius 2 is 2.27 bits per heavy atom. The van der Waals surface area contributed by atoms with Crippen molar-refractivity contribution in [1.82, 2.24) is 9.78 Å². The van der Waals surface area contributed by atoms with Crippen LogP contribution in [0.5, 0.6) is 0 Å². The van der Waals surface area contributed by atoms with E-state index in [9.17, 15) is 4.79 Å². The quantitative estimate of drug-likeness (QED) is 0.823. The minimum absolute atomic E-state index is 0.145. The molecule has 0 spiro atoms. The second-order valence-corrected chi connectivity index (χ2v) is 4.16. The number of hydrogen-bond donors (Lipinski definition) is 1. The number of hydrogen-bond acceptors (Lipinski definition) is 2. The molecular formula is C11H16N2O2. The van der Waals surface area contributed by atoms with E-state index in [0.717, 1.165) is 0 Å². The van der Waals surface area contributed by atoms with Crippen molar-refractivity contribution in [3.63, 3.8) is 0 Å². The molecule has 1 N–H and O–H groups in total. The van der Waals surface area contributed by atoms with E-state index in [4.69, 9.17) is 5.11 Å². The van der Waals surface area contributed by atoms with E-state index in [1.165, 1.54) is 31.2 Å². The number of carboxylic acid groups (broad SMARTS) is 1. The monoisotopic (exact) mass is 208 g/mol. The molecular weight excluding hydrogens is 192 g/mol. The molecule has 1 fully saturated rings. The molecule has 0 unspecified atom stereocenters. The van der Waals surface area contributed by atoms with E-state index in [1.807, 2.05) is 12.4 Å². The number of aliphatic carboxylic acids is 1. The molecule has 1 heterocycles. The molecule has 1 aromatic heterocycles. The van der Waals surface area contributed by atoms with Crippen LogP contribution in [0.25, 0.3) is 0 Å². The van der Waals surface area contributed by atoms with Gasteiger partial charge in [0.2, 0.25) is 0 Å². The van der Waals surface area contributed by atoms with E-state index in [2.05, 4.69) is 5.10 Å². The Morgan fingerprint density at radius 1 is 1.53 bits per heavy atom. The second-order valence-electron chi connectivity index (χ2n) is 4.16. The SMILES string of the molecule is O=C(O)CCn1cc(C2CCCC2)cn1. The summed E-state index contributed by atoms with van der Waals surface area (Å²) in [5, 5.41) is 12.7.